The second kappa shape index (κ2) is 6.43. The summed E-state index contributed by atoms with van der Waals surface area (Å²) in [4.78, 5) is 22.5. The summed E-state index contributed by atoms with van der Waals surface area (Å²) in [7, 11) is 0. The minimum absolute atomic E-state index is 0.0736. The van der Waals surface area contributed by atoms with Crippen LogP contribution in [-0.4, -0.2) is 10.8 Å². The van der Waals surface area contributed by atoms with Gasteiger partial charge in [0.1, 0.15) is 5.56 Å². The van der Waals surface area contributed by atoms with Gasteiger partial charge in [-0.1, -0.05) is 23.2 Å². The average molecular weight is 390 g/mol. The lowest BCUT2D eigenvalue weighted by Gasteiger charge is -2.07. The van der Waals surface area contributed by atoms with Gasteiger partial charge >= 0.3 is 0 Å². The predicted molar refractivity (Wildman–Crippen MR) is 85.2 cm³/mol. The highest BCUT2D eigenvalue weighted by Gasteiger charge is 2.20. The molecule has 0 fully saturated rings. The van der Waals surface area contributed by atoms with Gasteiger partial charge in [-0.25, -0.2) is 0 Å². The van der Waals surface area contributed by atoms with Crippen LogP contribution in [0.25, 0.3) is 0 Å². The topological polar surface area (TPSA) is 72.2 Å². The van der Waals surface area contributed by atoms with Crippen LogP contribution >= 0.6 is 39.1 Å². The number of carbonyl (C=O) groups excluding carboxylic acids is 1. The van der Waals surface area contributed by atoms with Crippen LogP contribution in [0.1, 0.15) is 10.4 Å². The molecule has 108 valence electrons. The second-order valence-corrected chi connectivity index (χ2v) is 5.70. The number of nitro benzene ring substituents is 1. The van der Waals surface area contributed by atoms with Gasteiger partial charge in [-0.2, -0.15) is 0 Å². The van der Waals surface area contributed by atoms with Crippen LogP contribution in [0.3, 0.4) is 0 Å². The van der Waals surface area contributed by atoms with Gasteiger partial charge in [0, 0.05) is 21.2 Å². The number of carbonyl (C=O) groups is 1. The Labute approximate surface area is 138 Å². The fourth-order valence-electron chi connectivity index (χ4n) is 1.62. The third-order valence-corrected chi connectivity index (χ3v) is 4.03. The smallest absolute Gasteiger partial charge is 0.283 e. The number of benzene rings is 2. The van der Waals surface area contributed by atoms with E-state index in [-0.39, 0.29) is 16.3 Å². The molecule has 2 rings (SSSR count). The summed E-state index contributed by atoms with van der Waals surface area (Å²) in [5, 5.41) is 14.2. The first kappa shape index (κ1) is 15.8. The van der Waals surface area contributed by atoms with Crippen molar-refractivity contribution in [2.75, 3.05) is 5.32 Å². The number of hydrogen-bond donors (Lipinski definition) is 1. The molecule has 8 heteroatoms. The molecule has 2 aromatic carbocycles. The normalized spacial score (nSPS) is 10.2. The summed E-state index contributed by atoms with van der Waals surface area (Å²) in [5.41, 5.74) is 0.0315. The van der Waals surface area contributed by atoms with E-state index in [4.69, 9.17) is 23.2 Å². The van der Waals surface area contributed by atoms with Crippen molar-refractivity contribution in [3.05, 3.63) is 66.6 Å². The Morgan fingerprint density at radius 1 is 1.19 bits per heavy atom. The molecular formula is C13H7BrCl2N2O3. The van der Waals surface area contributed by atoms with E-state index in [9.17, 15) is 14.9 Å². The van der Waals surface area contributed by atoms with Crippen molar-refractivity contribution in [2.45, 2.75) is 0 Å². The Balaban J connectivity index is 2.32. The zero-order chi connectivity index (χ0) is 15.6. The fourth-order valence-corrected chi connectivity index (χ4v) is 2.28. The summed E-state index contributed by atoms with van der Waals surface area (Å²) in [6.07, 6.45) is 0. The Hall–Kier alpha value is -1.63. The lowest BCUT2D eigenvalue weighted by molar-refractivity contribution is -0.385. The van der Waals surface area contributed by atoms with E-state index < -0.39 is 10.8 Å². The van der Waals surface area contributed by atoms with Crippen LogP contribution in [0.15, 0.2) is 40.9 Å². The third kappa shape index (κ3) is 3.72. The molecule has 0 aromatic heterocycles. The quantitative estimate of drug-likeness (QED) is 0.598. The van der Waals surface area contributed by atoms with E-state index in [2.05, 4.69) is 21.2 Å². The molecule has 0 atom stereocenters. The van der Waals surface area contributed by atoms with Crippen LogP contribution in [-0.2, 0) is 0 Å². The van der Waals surface area contributed by atoms with Gasteiger partial charge in [0.2, 0.25) is 0 Å². The summed E-state index contributed by atoms with van der Waals surface area (Å²) >= 11 is 14.8. The molecule has 0 aliphatic heterocycles. The first-order valence-electron chi connectivity index (χ1n) is 5.59. The first-order valence-corrected chi connectivity index (χ1v) is 7.13. The molecule has 0 bridgehead atoms. The molecule has 0 saturated carbocycles. The number of nitrogens with zero attached hydrogens (tertiary/aromatic N) is 1. The highest BCUT2D eigenvalue weighted by Crippen LogP contribution is 2.27. The van der Waals surface area contributed by atoms with Gasteiger partial charge in [-0.3, -0.25) is 14.9 Å². The largest absolute Gasteiger partial charge is 0.322 e. The maximum Gasteiger partial charge on any atom is 0.283 e. The number of halogens is 3. The van der Waals surface area contributed by atoms with Crippen LogP contribution in [0.5, 0.6) is 0 Å². The maximum atomic E-state index is 12.1. The van der Waals surface area contributed by atoms with E-state index in [1.54, 1.807) is 18.2 Å². The van der Waals surface area contributed by atoms with Crippen LogP contribution in [0.4, 0.5) is 11.4 Å². The lowest BCUT2D eigenvalue weighted by atomic mass is 10.1. The van der Waals surface area contributed by atoms with Crippen molar-refractivity contribution in [2.24, 2.45) is 0 Å². The molecule has 21 heavy (non-hydrogen) atoms. The third-order valence-electron chi connectivity index (χ3n) is 2.58. The van der Waals surface area contributed by atoms with E-state index in [1.807, 2.05) is 0 Å². The SMILES string of the molecule is O=C(Nc1ccc(Cl)c(Br)c1)c1ccc(Cl)cc1[N+](=O)[O-]. The molecule has 0 heterocycles. The van der Waals surface area contributed by atoms with Crippen molar-refractivity contribution in [3.8, 4) is 0 Å². The number of amides is 1. The molecule has 0 saturated heterocycles. The first-order chi connectivity index (χ1) is 9.88. The summed E-state index contributed by atoms with van der Waals surface area (Å²) in [5.74, 6) is -0.604. The van der Waals surface area contributed by atoms with E-state index in [0.717, 1.165) is 6.07 Å². The average Bonchev–Trinajstić information content (AvgIpc) is 2.42. The summed E-state index contributed by atoms with van der Waals surface area (Å²) in [6, 6.07) is 8.64. The van der Waals surface area contributed by atoms with Crippen LogP contribution < -0.4 is 5.32 Å². The summed E-state index contributed by atoms with van der Waals surface area (Å²) in [6.45, 7) is 0. The molecule has 0 radical (unpaired) electrons. The van der Waals surface area contributed by atoms with Crippen molar-refractivity contribution in [1.82, 2.24) is 0 Å². The van der Waals surface area contributed by atoms with Crippen molar-refractivity contribution < 1.29 is 9.72 Å². The predicted octanol–water partition coefficient (Wildman–Crippen LogP) is 4.92. The van der Waals surface area contributed by atoms with E-state index in [1.165, 1.54) is 12.1 Å². The molecule has 0 aliphatic carbocycles. The van der Waals surface area contributed by atoms with Gasteiger partial charge in [-0.15, -0.1) is 0 Å². The van der Waals surface area contributed by atoms with E-state index >= 15 is 0 Å². The molecule has 0 aliphatic rings. The molecule has 1 N–H and O–H groups in total. The minimum atomic E-state index is -0.654. The number of hydrogen-bond acceptors (Lipinski definition) is 3. The molecule has 1 amide bonds. The minimum Gasteiger partial charge on any atom is -0.322 e. The molecular weight excluding hydrogens is 383 g/mol. The molecule has 0 unspecified atom stereocenters. The number of nitrogens with one attached hydrogen (secondary N) is 1. The molecule has 0 spiro atoms. The van der Waals surface area contributed by atoms with Gasteiger partial charge in [0.15, 0.2) is 0 Å². The Bertz CT molecular complexity index is 737. The Morgan fingerprint density at radius 2 is 1.90 bits per heavy atom. The van der Waals surface area contributed by atoms with Crippen molar-refractivity contribution in [1.29, 1.82) is 0 Å². The van der Waals surface area contributed by atoms with Gasteiger partial charge in [0.25, 0.3) is 11.6 Å². The zero-order valence-corrected chi connectivity index (χ0v) is 13.4. The maximum absolute atomic E-state index is 12.1. The number of anilines is 1. The van der Waals surface area contributed by atoms with Crippen molar-refractivity contribution in [3.63, 3.8) is 0 Å². The Kier molecular flexibility index (Phi) is 4.82. The Morgan fingerprint density at radius 3 is 2.52 bits per heavy atom. The van der Waals surface area contributed by atoms with Gasteiger partial charge < -0.3 is 5.32 Å². The number of rotatable bonds is 3. The monoisotopic (exact) mass is 388 g/mol. The van der Waals surface area contributed by atoms with Crippen molar-refractivity contribution >= 4 is 56.4 Å². The lowest BCUT2D eigenvalue weighted by Crippen LogP contribution is -2.13. The fraction of sp³-hybridized carbons (Fsp3) is 0. The highest BCUT2D eigenvalue weighted by molar-refractivity contribution is 9.10. The molecule has 5 nitrogen and oxygen atoms in total. The van der Waals surface area contributed by atoms with Gasteiger partial charge in [0.05, 0.1) is 9.95 Å². The number of nitro groups is 1. The standard InChI is InChI=1S/C13H7BrCl2N2O3/c14-10-6-8(2-4-11(10)16)17-13(19)9-3-1-7(15)5-12(9)18(20)21/h1-6H,(H,17,19). The molecule has 2 aromatic rings. The highest BCUT2D eigenvalue weighted by atomic mass is 79.9. The van der Waals surface area contributed by atoms with Gasteiger partial charge in [-0.05, 0) is 46.3 Å². The van der Waals surface area contributed by atoms with Crippen LogP contribution in [0, 0.1) is 10.1 Å². The van der Waals surface area contributed by atoms with Crippen LogP contribution in [0.2, 0.25) is 10.0 Å². The zero-order valence-electron chi connectivity index (χ0n) is 10.3. The second-order valence-electron chi connectivity index (χ2n) is 4.00. The van der Waals surface area contributed by atoms with E-state index in [0.29, 0.717) is 15.2 Å². The summed E-state index contributed by atoms with van der Waals surface area (Å²) < 4.78 is 0.604.